The van der Waals surface area contributed by atoms with E-state index in [2.05, 4.69) is 4.90 Å². The first-order chi connectivity index (χ1) is 12.6. The van der Waals surface area contributed by atoms with E-state index in [1.165, 1.54) is 11.3 Å². The number of benzene rings is 1. The average Bonchev–Trinajstić information content (AvgIpc) is 3.23. The summed E-state index contributed by atoms with van der Waals surface area (Å²) in [7, 11) is 0. The molecule has 0 spiro atoms. The molecule has 1 saturated heterocycles. The number of carbonyl (C=O) groups is 1. The van der Waals surface area contributed by atoms with Crippen molar-refractivity contribution < 1.29 is 9.21 Å². The number of carbonyl (C=O) groups excluding carboxylic acids is 1. The van der Waals surface area contributed by atoms with Crippen LogP contribution in [0.3, 0.4) is 0 Å². The zero-order valence-electron chi connectivity index (χ0n) is 14.7. The van der Waals surface area contributed by atoms with Crippen molar-refractivity contribution in [1.29, 1.82) is 0 Å². The number of hydrogen-bond acceptors (Lipinski definition) is 5. The lowest BCUT2D eigenvalue weighted by Gasteiger charge is -2.34. The molecule has 3 aromatic rings. The van der Waals surface area contributed by atoms with E-state index in [9.17, 15) is 9.59 Å². The Morgan fingerprint density at radius 2 is 1.92 bits per heavy atom. The number of rotatable bonds is 4. The maximum atomic E-state index is 12.7. The summed E-state index contributed by atoms with van der Waals surface area (Å²) >= 11 is 1.25. The summed E-state index contributed by atoms with van der Waals surface area (Å²) in [5.41, 5.74) is 1.75. The third kappa shape index (κ3) is 3.32. The predicted molar refractivity (Wildman–Crippen MR) is 102 cm³/mol. The molecule has 136 valence electrons. The van der Waals surface area contributed by atoms with Gasteiger partial charge < -0.3 is 13.9 Å². The minimum atomic E-state index is -0.0502. The van der Waals surface area contributed by atoms with Gasteiger partial charge in [0.25, 0.3) is 5.91 Å². The molecule has 7 heteroatoms. The fourth-order valence-electron chi connectivity index (χ4n) is 3.33. The Hall–Kier alpha value is -2.38. The van der Waals surface area contributed by atoms with Gasteiger partial charge in [-0.15, -0.1) is 0 Å². The molecule has 0 N–H and O–H groups in total. The van der Waals surface area contributed by atoms with Crippen LogP contribution >= 0.6 is 11.3 Å². The van der Waals surface area contributed by atoms with Crippen molar-refractivity contribution in [3.05, 3.63) is 56.8 Å². The van der Waals surface area contributed by atoms with E-state index in [1.807, 2.05) is 52.1 Å². The number of para-hydroxylation sites is 1. The molecule has 26 heavy (non-hydrogen) atoms. The van der Waals surface area contributed by atoms with Crippen LogP contribution in [0.25, 0.3) is 11.0 Å². The molecule has 1 aromatic carbocycles. The molecule has 6 nitrogen and oxygen atoms in total. The van der Waals surface area contributed by atoms with Crippen LogP contribution in [0, 0.1) is 6.92 Å². The number of piperazine rings is 1. The summed E-state index contributed by atoms with van der Waals surface area (Å²) in [6, 6.07) is 9.47. The Morgan fingerprint density at radius 3 is 2.62 bits per heavy atom. The van der Waals surface area contributed by atoms with Crippen molar-refractivity contribution >= 4 is 28.2 Å². The number of thiazole rings is 1. The highest BCUT2D eigenvalue weighted by molar-refractivity contribution is 7.07. The fourth-order valence-corrected chi connectivity index (χ4v) is 4.09. The van der Waals surface area contributed by atoms with Gasteiger partial charge in [0.05, 0.1) is 0 Å². The second kappa shape index (κ2) is 7.09. The standard InChI is InChI=1S/C19H21N3O3S/c1-14-13-26-19(24)22(14)11-8-20-6-9-21(10-7-20)18(23)17-12-15-4-2-3-5-16(15)25-17/h2-5,12-13H,6-11H2,1H3. The Balaban J connectivity index is 1.34. The molecule has 0 saturated carbocycles. The number of aryl methyl sites for hydroxylation is 1. The predicted octanol–water partition coefficient (Wildman–Crippen LogP) is 2.42. The van der Waals surface area contributed by atoms with Crippen LogP contribution in [0.5, 0.6) is 0 Å². The van der Waals surface area contributed by atoms with Gasteiger partial charge in [-0.25, -0.2) is 0 Å². The molecule has 1 aliphatic heterocycles. The van der Waals surface area contributed by atoms with Crippen LogP contribution in [-0.2, 0) is 6.54 Å². The van der Waals surface area contributed by atoms with Gasteiger partial charge in [0, 0.05) is 55.7 Å². The summed E-state index contributed by atoms with van der Waals surface area (Å²) in [4.78, 5) is 28.7. The number of hydrogen-bond donors (Lipinski definition) is 0. The first-order valence-corrected chi connectivity index (χ1v) is 9.65. The highest BCUT2D eigenvalue weighted by Gasteiger charge is 2.24. The lowest BCUT2D eigenvalue weighted by Crippen LogP contribution is -2.49. The highest BCUT2D eigenvalue weighted by Crippen LogP contribution is 2.20. The van der Waals surface area contributed by atoms with Crippen LogP contribution in [0.1, 0.15) is 16.2 Å². The summed E-state index contributed by atoms with van der Waals surface area (Å²) in [6.45, 7) is 6.45. The number of aromatic nitrogens is 1. The number of fused-ring (bicyclic) bond motifs is 1. The number of amides is 1. The molecule has 1 fully saturated rings. The molecule has 0 atom stereocenters. The second-order valence-electron chi connectivity index (χ2n) is 6.58. The molecular formula is C19H21N3O3S. The minimum Gasteiger partial charge on any atom is -0.451 e. The van der Waals surface area contributed by atoms with Crippen molar-refractivity contribution in [2.45, 2.75) is 13.5 Å². The zero-order chi connectivity index (χ0) is 18.1. The molecular weight excluding hydrogens is 350 g/mol. The Bertz CT molecular complexity index is 946. The van der Waals surface area contributed by atoms with Crippen LogP contribution < -0.4 is 4.87 Å². The van der Waals surface area contributed by atoms with Crippen LogP contribution in [0.2, 0.25) is 0 Å². The van der Waals surface area contributed by atoms with Gasteiger partial charge in [-0.05, 0) is 19.1 Å². The molecule has 1 aliphatic rings. The minimum absolute atomic E-state index is 0.0502. The van der Waals surface area contributed by atoms with Crippen molar-refractivity contribution in [1.82, 2.24) is 14.4 Å². The van der Waals surface area contributed by atoms with Gasteiger partial charge in [0.2, 0.25) is 0 Å². The van der Waals surface area contributed by atoms with Gasteiger partial charge >= 0.3 is 4.87 Å². The first kappa shape index (κ1) is 17.1. The largest absolute Gasteiger partial charge is 0.451 e. The molecule has 4 rings (SSSR count). The van der Waals surface area contributed by atoms with Crippen molar-refractivity contribution in [2.24, 2.45) is 0 Å². The molecule has 0 unspecified atom stereocenters. The topological polar surface area (TPSA) is 58.7 Å². The van der Waals surface area contributed by atoms with E-state index in [0.29, 0.717) is 25.4 Å². The quantitative estimate of drug-likeness (QED) is 0.707. The molecule has 2 aromatic heterocycles. The second-order valence-corrected chi connectivity index (χ2v) is 7.40. The summed E-state index contributed by atoms with van der Waals surface area (Å²) < 4.78 is 7.51. The Labute approximate surface area is 155 Å². The molecule has 0 bridgehead atoms. The normalized spacial score (nSPS) is 15.7. The van der Waals surface area contributed by atoms with Crippen LogP contribution in [0.4, 0.5) is 0 Å². The summed E-state index contributed by atoms with van der Waals surface area (Å²) in [5, 5.41) is 2.85. The third-order valence-corrected chi connectivity index (χ3v) is 5.79. The van der Waals surface area contributed by atoms with E-state index < -0.39 is 0 Å². The zero-order valence-corrected chi connectivity index (χ0v) is 15.5. The summed E-state index contributed by atoms with van der Waals surface area (Å²) in [5.74, 6) is 0.353. The maximum absolute atomic E-state index is 12.7. The highest BCUT2D eigenvalue weighted by atomic mass is 32.1. The van der Waals surface area contributed by atoms with Crippen LogP contribution in [-0.4, -0.2) is 53.0 Å². The van der Waals surface area contributed by atoms with Gasteiger partial charge in [-0.3, -0.25) is 14.5 Å². The van der Waals surface area contributed by atoms with Gasteiger partial charge in [0.1, 0.15) is 5.58 Å². The average molecular weight is 371 g/mol. The van der Waals surface area contributed by atoms with E-state index in [-0.39, 0.29) is 10.8 Å². The Morgan fingerprint density at radius 1 is 1.15 bits per heavy atom. The molecule has 1 amide bonds. The lowest BCUT2D eigenvalue weighted by atomic mass is 10.2. The fraction of sp³-hybridized carbons (Fsp3) is 0.368. The smallest absolute Gasteiger partial charge is 0.307 e. The molecule has 0 radical (unpaired) electrons. The van der Waals surface area contributed by atoms with E-state index in [0.717, 1.165) is 36.3 Å². The number of furan rings is 1. The van der Waals surface area contributed by atoms with Crippen molar-refractivity contribution in [3.8, 4) is 0 Å². The summed E-state index contributed by atoms with van der Waals surface area (Å²) in [6.07, 6.45) is 0. The van der Waals surface area contributed by atoms with Gasteiger partial charge in [-0.2, -0.15) is 0 Å². The van der Waals surface area contributed by atoms with Crippen molar-refractivity contribution in [2.75, 3.05) is 32.7 Å². The maximum Gasteiger partial charge on any atom is 0.307 e. The van der Waals surface area contributed by atoms with Gasteiger partial charge in [-0.1, -0.05) is 29.5 Å². The Kier molecular flexibility index (Phi) is 4.65. The lowest BCUT2D eigenvalue weighted by molar-refractivity contribution is 0.0604. The monoisotopic (exact) mass is 371 g/mol. The molecule has 0 aliphatic carbocycles. The van der Waals surface area contributed by atoms with E-state index in [1.54, 1.807) is 0 Å². The SMILES string of the molecule is Cc1csc(=O)n1CCN1CCN(C(=O)c2cc3ccccc3o2)CC1. The number of nitrogens with zero attached hydrogens (tertiary/aromatic N) is 3. The van der Waals surface area contributed by atoms with Crippen molar-refractivity contribution in [3.63, 3.8) is 0 Å². The third-order valence-electron chi connectivity index (χ3n) is 4.91. The van der Waals surface area contributed by atoms with E-state index in [4.69, 9.17) is 4.42 Å². The first-order valence-electron chi connectivity index (χ1n) is 8.77. The van der Waals surface area contributed by atoms with Crippen LogP contribution in [0.15, 0.2) is 44.9 Å². The van der Waals surface area contributed by atoms with E-state index >= 15 is 0 Å². The van der Waals surface area contributed by atoms with Gasteiger partial charge in [0.15, 0.2) is 5.76 Å². The molecule has 3 heterocycles.